The molecule has 0 aliphatic heterocycles. The second-order valence-corrected chi connectivity index (χ2v) is 6.27. The molecule has 8 heteroatoms. The number of para-hydroxylation sites is 2. The maximum Gasteiger partial charge on any atom is 0.318 e. The maximum atomic E-state index is 6.28. The molecule has 3 aromatic heterocycles. The van der Waals surface area contributed by atoms with Crippen LogP contribution in [-0.2, 0) is 6.42 Å². The molecule has 0 atom stereocenters. The molecule has 6 nitrogen and oxygen atoms in total. The zero-order valence-electron chi connectivity index (χ0n) is 13.5. The third-order valence-corrected chi connectivity index (χ3v) is 4.22. The summed E-state index contributed by atoms with van der Waals surface area (Å²) in [5.74, 6) is 0.520. The van der Waals surface area contributed by atoms with Gasteiger partial charge in [0.25, 0.3) is 0 Å². The predicted molar refractivity (Wildman–Crippen MR) is 100 cm³/mol. The van der Waals surface area contributed by atoms with E-state index < -0.39 is 0 Å². The fraction of sp³-hybridized carbons (Fsp3) is 0.111. The second-order valence-electron chi connectivity index (χ2n) is 5.48. The normalized spacial score (nSPS) is 11.0. The van der Waals surface area contributed by atoms with Gasteiger partial charge in [-0.3, -0.25) is 4.57 Å². The fourth-order valence-corrected chi connectivity index (χ4v) is 2.91. The highest BCUT2D eigenvalue weighted by atomic mass is 35.5. The molecule has 3 heterocycles. The number of nitrogens with zero attached hydrogens (tertiary/aromatic N) is 5. The van der Waals surface area contributed by atoms with Crippen molar-refractivity contribution in [2.24, 2.45) is 0 Å². The van der Waals surface area contributed by atoms with Crippen molar-refractivity contribution in [3.05, 3.63) is 70.9 Å². The molecule has 4 rings (SSSR count). The van der Waals surface area contributed by atoms with Crippen LogP contribution in [0, 0.1) is 0 Å². The highest BCUT2D eigenvalue weighted by molar-refractivity contribution is 6.32. The van der Waals surface area contributed by atoms with Crippen LogP contribution in [0.4, 0.5) is 0 Å². The van der Waals surface area contributed by atoms with Crippen LogP contribution in [0.1, 0.15) is 5.69 Å². The zero-order chi connectivity index (χ0) is 17.9. The van der Waals surface area contributed by atoms with Crippen molar-refractivity contribution in [3.63, 3.8) is 0 Å². The average Bonchev–Trinajstić information content (AvgIpc) is 3.07. The van der Waals surface area contributed by atoms with Crippen LogP contribution in [-0.4, -0.2) is 31.1 Å². The number of hydrogen-bond acceptors (Lipinski definition) is 5. The van der Waals surface area contributed by atoms with Gasteiger partial charge in [0.2, 0.25) is 0 Å². The van der Waals surface area contributed by atoms with Gasteiger partial charge in [0.05, 0.1) is 23.8 Å². The summed E-state index contributed by atoms with van der Waals surface area (Å²) in [4.78, 5) is 17.1. The predicted octanol–water partition coefficient (Wildman–Crippen LogP) is 4.14. The molecule has 1 aromatic carbocycles. The first-order valence-electron chi connectivity index (χ1n) is 7.90. The number of pyridine rings is 1. The average molecular weight is 386 g/mol. The van der Waals surface area contributed by atoms with Crippen molar-refractivity contribution in [2.75, 3.05) is 6.61 Å². The summed E-state index contributed by atoms with van der Waals surface area (Å²) in [6.07, 6.45) is 3.79. The summed E-state index contributed by atoms with van der Waals surface area (Å²) < 4.78 is 7.47. The number of aromatic nitrogens is 5. The molecular weight excluding hydrogens is 373 g/mol. The van der Waals surface area contributed by atoms with Gasteiger partial charge in [-0.25, -0.2) is 15.0 Å². The van der Waals surface area contributed by atoms with Crippen molar-refractivity contribution in [3.8, 4) is 11.8 Å². The van der Waals surface area contributed by atoms with Crippen LogP contribution >= 0.6 is 23.2 Å². The van der Waals surface area contributed by atoms with Gasteiger partial charge in [0, 0.05) is 12.1 Å². The smallest absolute Gasteiger partial charge is 0.318 e. The highest BCUT2D eigenvalue weighted by Gasteiger charge is 2.12. The van der Waals surface area contributed by atoms with Crippen molar-refractivity contribution in [2.45, 2.75) is 6.42 Å². The van der Waals surface area contributed by atoms with E-state index in [9.17, 15) is 0 Å². The molecule has 0 bridgehead atoms. The minimum Gasteiger partial charge on any atom is -0.463 e. The van der Waals surface area contributed by atoms with Crippen LogP contribution in [0.25, 0.3) is 16.9 Å². The first-order chi connectivity index (χ1) is 12.7. The molecule has 0 unspecified atom stereocenters. The fourth-order valence-electron chi connectivity index (χ4n) is 2.55. The van der Waals surface area contributed by atoms with E-state index in [0.717, 1.165) is 16.7 Å². The minimum absolute atomic E-state index is 0.240. The molecular formula is C18H13Cl2N5O. The molecule has 0 saturated carbocycles. The van der Waals surface area contributed by atoms with E-state index in [0.29, 0.717) is 29.0 Å². The highest BCUT2D eigenvalue weighted by Crippen LogP contribution is 2.23. The topological polar surface area (TPSA) is 65.7 Å². The molecule has 0 spiro atoms. The Labute approximate surface area is 159 Å². The summed E-state index contributed by atoms with van der Waals surface area (Å²) in [6, 6.07) is 13.5. The standard InChI is InChI=1S/C18H13Cl2N5O/c19-13-10-21-18(26-9-8-12-4-3-7-16(20)23-12)24-17(13)25-11-22-14-5-1-2-6-15(14)25/h1-7,10-11H,8-9H2. The number of rotatable bonds is 5. The Morgan fingerprint density at radius 1 is 0.962 bits per heavy atom. The number of imidazole rings is 1. The lowest BCUT2D eigenvalue weighted by Gasteiger charge is -2.09. The summed E-state index contributed by atoms with van der Waals surface area (Å²) in [5.41, 5.74) is 2.60. The van der Waals surface area contributed by atoms with E-state index in [4.69, 9.17) is 27.9 Å². The molecule has 0 N–H and O–H groups in total. The molecule has 26 heavy (non-hydrogen) atoms. The maximum absolute atomic E-state index is 6.28. The summed E-state index contributed by atoms with van der Waals surface area (Å²) >= 11 is 12.2. The van der Waals surface area contributed by atoms with Crippen LogP contribution in [0.15, 0.2) is 55.0 Å². The van der Waals surface area contributed by atoms with Gasteiger partial charge in [0.1, 0.15) is 16.5 Å². The van der Waals surface area contributed by atoms with Crippen molar-refractivity contribution < 1.29 is 4.74 Å². The molecule has 4 aromatic rings. The van der Waals surface area contributed by atoms with E-state index >= 15 is 0 Å². The van der Waals surface area contributed by atoms with E-state index in [-0.39, 0.29) is 6.01 Å². The van der Waals surface area contributed by atoms with Crippen molar-refractivity contribution >= 4 is 34.2 Å². The first-order valence-corrected chi connectivity index (χ1v) is 8.65. The zero-order valence-corrected chi connectivity index (χ0v) is 15.0. The number of hydrogen-bond donors (Lipinski definition) is 0. The Bertz CT molecular complexity index is 1070. The molecule has 0 radical (unpaired) electrons. The van der Waals surface area contributed by atoms with Crippen LogP contribution < -0.4 is 4.74 Å². The first kappa shape index (κ1) is 16.8. The number of halogens is 2. The number of fused-ring (bicyclic) bond motifs is 1. The Kier molecular flexibility index (Phi) is 4.69. The van der Waals surface area contributed by atoms with Gasteiger partial charge in [0.15, 0.2) is 5.82 Å². The molecule has 130 valence electrons. The monoisotopic (exact) mass is 385 g/mol. The van der Waals surface area contributed by atoms with Gasteiger partial charge in [-0.1, -0.05) is 41.4 Å². The lowest BCUT2D eigenvalue weighted by atomic mass is 10.3. The van der Waals surface area contributed by atoms with Gasteiger partial charge < -0.3 is 4.74 Å². The Hall–Kier alpha value is -2.70. The Morgan fingerprint density at radius 3 is 2.73 bits per heavy atom. The van der Waals surface area contributed by atoms with E-state index in [1.54, 1.807) is 12.4 Å². The summed E-state index contributed by atoms with van der Waals surface area (Å²) in [7, 11) is 0. The van der Waals surface area contributed by atoms with Gasteiger partial charge in [-0.05, 0) is 24.3 Å². The lowest BCUT2D eigenvalue weighted by molar-refractivity contribution is 0.295. The second kappa shape index (κ2) is 7.27. The van der Waals surface area contributed by atoms with Crippen molar-refractivity contribution in [1.29, 1.82) is 0 Å². The summed E-state index contributed by atoms with van der Waals surface area (Å²) in [6.45, 7) is 0.374. The van der Waals surface area contributed by atoms with E-state index in [1.807, 2.05) is 41.0 Å². The quantitative estimate of drug-likeness (QED) is 0.483. The Balaban J connectivity index is 1.55. The van der Waals surface area contributed by atoms with E-state index in [2.05, 4.69) is 19.9 Å². The van der Waals surface area contributed by atoms with Gasteiger partial charge >= 0.3 is 6.01 Å². The molecule has 0 aliphatic rings. The number of ether oxygens (including phenoxy) is 1. The lowest BCUT2D eigenvalue weighted by Crippen LogP contribution is -2.07. The molecule has 0 saturated heterocycles. The van der Waals surface area contributed by atoms with Crippen LogP contribution in [0.3, 0.4) is 0 Å². The number of benzene rings is 1. The molecule has 0 aliphatic carbocycles. The van der Waals surface area contributed by atoms with E-state index in [1.165, 1.54) is 6.20 Å². The van der Waals surface area contributed by atoms with Crippen LogP contribution in [0.5, 0.6) is 6.01 Å². The minimum atomic E-state index is 0.240. The largest absolute Gasteiger partial charge is 0.463 e. The van der Waals surface area contributed by atoms with Gasteiger partial charge in [-0.15, -0.1) is 0 Å². The van der Waals surface area contributed by atoms with Gasteiger partial charge in [-0.2, -0.15) is 4.98 Å². The third-order valence-electron chi connectivity index (χ3n) is 3.75. The SMILES string of the molecule is Clc1cccc(CCOc2ncc(Cl)c(-n3cnc4ccccc43)n2)n1. The molecule has 0 fully saturated rings. The molecule has 0 amide bonds. The third kappa shape index (κ3) is 3.47. The Morgan fingerprint density at radius 2 is 1.85 bits per heavy atom. The van der Waals surface area contributed by atoms with Crippen LogP contribution in [0.2, 0.25) is 10.2 Å². The summed E-state index contributed by atoms with van der Waals surface area (Å²) in [5, 5.41) is 0.872. The van der Waals surface area contributed by atoms with Crippen molar-refractivity contribution in [1.82, 2.24) is 24.5 Å².